The Hall–Kier alpha value is -0.880. The lowest BCUT2D eigenvalue weighted by Crippen LogP contribution is -2.29. The Kier molecular flexibility index (Phi) is 5.60. The van der Waals surface area contributed by atoms with Gasteiger partial charge >= 0.3 is 0 Å². The Bertz CT molecular complexity index is 488. The zero-order valence-corrected chi connectivity index (χ0v) is 13.7. The summed E-state index contributed by atoms with van der Waals surface area (Å²) in [6.07, 6.45) is 4.08. The molecule has 5 nitrogen and oxygen atoms in total. The third-order valence-electron chi connectivity index (χ3n) is 3.93. The van der Waals surface area contributed by atoms with Gasteiger partial charge in [-0.1, -0.05) is 29.3 Å². The van der Waals surface area contributed by atoms with Crippen LogP contribution >= 0.6 is 15.9 Å². The van der Waals surface area contributed by atoms with Crippen molar-refractivity contribution in [1.29, 1.82) is 0 Å². The number of halogens is 1. The third-order valence-corrected chi connectivity index (χ3v) is 4.84. The van der Waals surface area contributed by atoms with E-state index in [0.29, 0.717) is 12.5 Å². The average molecular weight is 344 g/mol. The smallest absolute Gasteiger partial charge is 0.268 e. The van der Waals surface area contributed by atoms with Gasteiger partial charge in [0.1, 0.15) is 0 Å². The highest BCUT2D eigenvalue weighted by molar-refractivity contribution is 9.09. The van der Waals surface area contributed by atoms with E-state index in [1.807, 2.05) is 0 Å². The van der Waals surface area contributed by atoms with Crippen molar-refractivity contribution in [3.05, 3.63) is 22.6 Å². The second-order valence-electron chi connectivity index (χ2n) is 5.26. The highest BCUT2D eigenvalue weighted by atomic mass is 79.9. The number of nitrogens with zero attached hydrogens (tertiary/aromatic N) is 3. The van der Waals surface area contributed by atoms with Crippen LogP contribution in [0.15, 0.2) is 17.1 Å². The molecule has 1 fully saturated rings. The van der Waals surface area contributed by atoms with Crippen LogP contribution in [0.2, 0.25) is 0 Å². The molecule has 1 aromatic heterocycles. The molecule has 0 amide bonds. The number of hydrogen-bond acceptors (Lipinski definition) is 4. The fourth-order valence-electron chi connectivity index (χ4n) is 2.42. The number of alkyl halides is 1. The Morgan fingerprint density at radius 1 is 1.60 bits per heavy atom. The first-order chi connectivity index (χ1) is 9.67. The van der Waals surface area contributed by atoms with Gasteiger partial charge < -0.3 is 9.64 Å². The number of aromatic nitrogens is 2. The molecule has 2 unspecified atom stereocenters. The summed E-state index contributed by atoms with van der Waals surface area (Å²) in [6, 6.07) is 1.69. The lowest BCUT2D eigenvalue weighted by Gasteiger charge is -2.19. The summed E-state index contributed by atoms with van der Waals surface area (Å²) in [6.45, 7) is 4.55. The Morgan fingerprint density at radius 3 is 2.95 bits per heavy atom. The first kappa shape index (κ1) is 15.5. The first-order valence-corrected chi connectivity index (χ1v) is 8.21. The second-order valence-corrected chi connectivity index (χ2v) is 5.90. The summed E-state index contributed by atoms with van der Waals surface area (Å²) >= 11 is 3.48. The molecule has 1 saturated heterocycles. The van der Waals surface area contributed by atoms with Crippen molar-refractivity contribution < 1.29 is 4.74 Å². The van der Waals surface area contributed by atoms with Crippen LogP contribution in [0.25, 0.3) is 0 Å². The van der Waals surface area contributed by atoms with E-state index in [0.717, 1.165) is 36.9 Å². The molecule has 20 heavy (non-hydrogen) atoms. The molecule has 6 heteroatoms. The summed E-state index contributed by atoms with van der Waals surface area (Å²) in [4.78, 5) is 14.3. The van der Waals surface area contributed by atoms with Crippen LogP contribution in [-0.4, -0.2) is 41.4 Å². The number of rotatable bonds is 6. The molecule has 1 aliphatic rings. The highest BCUT2D eigenvalue weighted by Gasteiger charge is 2.23. The molecule has 0 aromatic carbocycles. The lowest BCUT2D eigenvalue weighted by atomic mass is 10.1. The number of ether oxygens (including phenoxy) is 1. The van der Waals surface area contributed by atoms with Crippen LogP contribution in [0.1, 0.15) is 19.8 Å². The van der Waals surface area contributed by atoms with E-state index in [4.69, 9.17) is 4.74 Å². The highest BCUT2D eigenvalue weighted by Crippen LogP contribution is 2.19. The molecule has 1 aromatic rings. The van der Waals surface area contributed by atoms with Crippen LogP contribution in [0.3, 0.4) is 0 Å². The topological polar surface area (TPSA) is 47.4 Å². The van der Waals surface area contributed by atoms with Crippen LogP contribution in [0.4, 0.5) is 5.69 Å². The monoisotopic (exact) mass is 343 g/mol. The fraction of sp³-hybridized carbons (Fsp3) is 0.714. The fourth-order valence-corrected chi connectivity index (χ4v) is 3.08. The van der Waals surface area contributed by atoms with Gasteiger partial charge in [-0.2, -0.15) is 5.10 Å². The average Bonchev–Trinajstić information content (AvgIpc) is 2.95. The molecule has 0 saturated carbocycles. The van der Waals surface area contributed by atoms with Gasteiger partial charge in [-0.05, 0) is 12.3 Å². The summed E-state index contributed by atoms with van der Waals surface area (Å²) in [7, 11) is 1.73. The minimum Gasteiger partial charge on any atom is -0.380 e. The van der Waals surface area contributed by atoms with Crippen LogP contribution in [-0.2, 0) is 11.3 Å². The van der Waals surface area contributed by atoms with Gasteiger partial charge in [0.15, 0.2) is 0 Å². The molecule has 0 aliphatic carbocycles. The molecular weight excluding hydrogens is 322 g/mol. The summed E-state index contributed by atoms with van der Waals surface area (Å²) < 4.78 is 6.91. The molecule has 0 N–H and O–H groups in total. The maximum atomic E-state index is 12.1. The maximum Gasteiger partial charge on any atom is 0.268 e. The van der Waals surface area contributed by atoms with Gasteiger partial charge in [-0.25, -0.2) is 4.68 Å². The van der Waals surface area contributed by atoms with Crippen LogP contribution in [0.5, 0.6) is 0 Å². The SMILES string of the molecule is CCC(CBr)Cn1ncc(N2CCC(OC)C2)cc1=O. The van der Waals surface area contributed by atoms with Crippen molar-refractivity contribution in [2.75, 3.05) is 30.4 Å². The van der Waals surface area contributed by atoms with Crippen molar-refractivity contribution in [2.45, 2.75) is 32.4 Å². The lowest BCUT2D eigenvalue weighted by molar-refractivity contribution is 0.121. The zero-order chi connectivity index (χ0) is 14.5. The molecule has 1 aliphatic heterocycles. The molecule has 0 spiro atoms. The third kappa shape index (κ3) is 3.61. The summed E-state index contributed by atoms with van der Waals surface area (Å²) in [5, 5.41) is 5.20. The standard InChI is InChI=1S/C14H22BrN3O2/c1-3-11(7-15)9-18-14(19)6-12(8-16-18)17-5-4-13(10-17)20-2/h6,8,11,13H,3-5,7,9-10H2,1-2H3. The minimum atomic E-state index is -0.0252. The molecule has 2 heterocycles. The minimum absolute atomic E-state index is 0.0252. The Morgan fingerprint density at radius 2 is 2.40 bits per heavy atom. The maximum absolute atomic E-state index is 12.1. The van der Waals surface area contributed by atoms with Crippen LogP contribution in [0, 0.1) is 5.92 Å². The predicted molar refractivity (Wildman–Crippen MR) is 83.7 cm³/mol. The van der Waals surface area contributed by atoms with Gasteiger partial charge in [0.05, 0.1) is 18.0 Å². The summed E-state index contributed by atoms with van der Waals surface area (Å²) in [5.74, 6) is 0.440. The normalized spacial score (nSPS) is 20.4. The number of hydrogen-bond donors (Lipinski definition) is 0. The van der Waals surface area contributed by atoms with E-state index in [-0.39, 0.29) is 11.7 Å². The van der Waals surface area contributed by atoms with Gasteiger partial charge in [0.25, 0.3) is 5.56 Å². The summed E-state index contributed by atoms with van der Waals surface area (Å²) in [5.41, 5.74) is 0.875. The quantitative estimate of drug-likeness (QED) is 0.740. The molecule has 0 bridgehead atoms. The van der Waals surface area contributed by atoms with Gasteiger partial charge in [-0.15, -0.1) is 0 Å². The van der Waals surface area contributed by atoms with E-state index < -0.39 is 0 Å². The second kappa shape index (κ2) is 7.22. The number of anilines is 1. The predicted octanol–water partition coefficient (Wildman–Crippen LogP) is 1.89. The van der Waals surface area contributed by atoms with Gasteiger partial charge in [0, 0.05) is 38.1 Å². The van der Waals surface area contributed by atoms with Crippen molar-refractivity contribution in [3.63, 3.8) is 0 Å². The first-order valence-electron chi connectivity index (χ1n) is 7.08. The van der Waals surface area contributed by atoms with Crippen molar-refractivity contribution in [3.8, 4) is 0 Å². The van der Waals surface area contributed by atoms with Crippen molar-refractivity contribution >= 4 is 21.6 Å². The molecule has 2 rings (SSSR count). The molecule has 2 atom stereocenters. The van der Waals surface area contributed by atoms with Gasteiger partial charge in [0.2, 0.25) is 0 Å². The van der Waals surface area contributed by atoms with E-state index in [1.54, 1.807) is 24.1 Å². The van der Waals surface area contributed by atoms with Gasteiger partial charge in [-0.3, -0.25) is 4.79 Å². The van der Waals surface area contributed by atoms with E-state index in [1.165, 1.54) is 0 Å². The van der Waals surface area contributed by atoms with Crippen molar-refractivity contribution in [1.82, 2.24) is 9.78 Å². The Balaban J connectivity index is 2.08. The molecular formula is C14H22BrN3O2. The molecule has 0 radical (unpaired) electrons. The van der Waals surface area contributed by atoms with Crippen LogP contribution < -0.4 is 10.5 Å². The van der Waals surface area contributed by atoms with E-state index >= 15 is 0 Å². The van der Waals surface area contributed by atoms with Crippen molar-refractivity contribution in [2.24, 2.45) is 5.92 Å². The van der Waals surface area contributed by atoms with E-state index in [2.05, 4.69) is 32.9 Å². The Labute approximate surface area is 128 Å². The largest absolute Gasteiger partial charge is 0.380 e. The molecule has 112 valence electrons. The number of methoxy groups -OCH3 is 1. The zero-order valence-electron chi connectivity index (χ0n) is 12.1. The van der Waals surface area contributed by atoms with E-state index in [9.17, 15) is 4.79 Å².